The van der Waals surface area contributed by atoms with Crippen molar-refractivity contribution in [3.63, 3.8) is 0 Å². The standard InChI is InChI=1S/C14H15BrS/c1-11-3-2-4-13(7-11)14(9-15)8-12-5-6-16-10-12/h2-7,10,14H,8-9H2,1H3. The van der Waals surface area contributed by atoms with Crippen LogP contribution < -0.4 is 0 Å². The summed E-state index contributed by atoms with van der Waals surface area (Å²) < 4.78 is 0. The minimum Gasteiger partial charge on any atom is -0.152 e. The Kier molecular flexibility index (Phi) is 4.19. The number of aryl methyl sites for hydroxylation is 1. The highest BCUT2D eigenvalue weighted by Gasteiger charge is 2.11. The molecule has 1 unspecified atom stereocenters. The predicted octanol–water partition coefficient (Wildman–Crippen LogP) is 4.78. The van der Waals surface area contributed by atoms with Crippen LogP contribution in [0.15, 0.2) is 41.1 Å². The van der Waals surface area contributed by atoms with Gasteiger partial charge in [-0.05, 0) is 47.2 Å². The first-order valence-electron chi connectivity index (χ1n) is 5.43. The molecule has 0 spiro atoms. The lowest BCUT2D eigenvalue weighted by atomic mass is 9.94. The molecule has 1 aromatic carbocycles. The summed E-state index contributed by atoms with van der Waals surface area (Å²) in [6.07, 6.45) is 1.12. The van der Waals surface area contributed by atoms with Crippen LogP contribution in [0.1, 0.15) is 22.6 Å². The van der Waals surface area contributed by atoms with Crippen LogP contribution in [0.3, 0.4) is 0 Å². The lowest BCUT2D eigenvalue weighted by Crippen LogP contribution is -2.04. The van der Waals surface area contributed by atoms with Crippen LogP contribution in [0.4, 0.5) is 0 Å². The fourth-order valence-electron chi connectivity index (χ4n) is 1.88. The van der Waals surface area contributed by atoms with E-state index >= 15 is 0 Å². The summed E-state index contributed by atoms with van der Waals surface area (Å²) in [7, 11) is 0. The summed E-state index contributed by atoms with van der Waals surface area (Å²) in [5.74, 6) is 0.578. The second-order valence-corrected chi connectivity index (χ2v) is 5.53. The van der Waals surface area contributed by atoms with Crippen LogP contribution >= 0.6 is 27.3 Å². The maximum atomic E-state index is 3.63. The van der Waals surface area contributed by atoms with Crippen LogP contribution in [0.2, 0.25) is 0 Å². The summed E-state index contributed by atoms with van der Waals surface area (Å²) in [4.78, 5) is 0. The van der Waals surface area contributed by atoms with Gasteiger partial charge in [0.05, 0.1) is 0 Å². The van der Waals surface area contributed by atoms with Gasteiger partial charge in [0, 0.05) is 5.33 Å². The van der Waals surface area contributed by atoms with Crippen molar-refractivity contribution in [3.8, 4) is 0 Å². The monoisotopic (exact) mass is 294 g/mol. The van der Waals surface area contributed by atoms with E-state index in [9.17, 15) is 0 Å². The molecule has 0 bridgehead atoms. The fraction of sp³-hybridized carbons (Fsp3) is 0.286. The zero-order valence-electron chi connectivity index (χ0n) is 9.32. The topological polar surface area (TPSA) is 0 Å². The first-order valence-corrected chi connectivity index (χ1v) is 7.49. The number of halogens is 1. The number of alkyl halides is 1. The smallest absolute Gasteiger partial charge is 0.0103 e. The molecular weight excluding hydrogens is 280 g/mol. The van der Waals surface area contributed by atoms with Crippen molar-refractivity contribution in [1.29, 1.82) is 0 Å². The molecule has 0 fully saturated rings. The fourth-order valence-corrected chi connectivity index (χ4v) is 3.16. The third kappa shape index (κ3) is 2.96. The van der Waals surface area contributed by atoms with Gasteiger partial charge in [-0.25, -0.2) is 0 Å². The number of hydrogen-bond donors (Lipinski definition) is 0. The van der Waals surface area contributed by atoms with Gasteiger partial charge in [0.25, 0.3) is 0 Å². The molecule has 0 aliphatic carbocycles. The second-order valence-electron chi connectivity index (χ2n) is 4.10. The van der Waals surface area contributed by atoms with Gasteiger partial charge >= 0.3 is 0 Å². The highest BCUT2D eigenvalue weighted by molar-refractivity contribution is 9.09. The van der Waals surface area contributed by atoms with Crippen molar-refractivity contribution in [1.82, 2.24) is 0 Å². The highest BCUT2D eigenvalue weighted by Crippen LogP contribution is 2.24. The maximum absolute atomic E-state index is 3.63. The number of hydrogen-bond acceptors (Lipinski definition) is 1. The van der Waals surface area contributed by atoms with Gasteiger partial charge < -0.3 is 0 Å². The zero-order chi connectivity index (χ0) is 11.4. The number of benzene rings is 1. The summed E-state index contributed by atoms with van der Waals surface area (Å²) in [6.45, 7) is 2.15. The van der Waals surface area contributed by atoms with Gasteiger partial charge in [0.1, 0.15) is 0 Å². The summed E-state index contributed by atoms with van der Waals surface area (Å²) in [5, 5.41) is 5.41. The molecule has 2 heteroatoms. The maximum Gasteiger partial charge on any atom is 0.0103 e. The van der Waals surface area contributed by atoms with E-state index in [1.165, 1.54) is 16.7 Å². The summed E-state index contributed by atoms with van der Waals surface area (Å²) >= 11 is 5.40. The van der Waals surface area contributed by atoms with Crippen molar-refractivity contribution < 1.29 is 0 Å². The molecule has 0 N–H and O–H groups in total. The molecular formula is C14H15BrS. The van der Waals surface area contributed by atoms with E-state index in [1.807, 2.05) is 0 Å². The van der Waals surface area contributed by atoms with E-state index in [0.717, 1.165) is 11.8 Å². The Hall–Kier alpha value is -0.600. The van der Waals surface area contributed by atoms with Crippen molar-refractivity contribution in [2.24, 2.45) is 0 Å². The van der Waals surface area contributed by atoms with Gasteiger partial charge in [-0.3, -0.25) is 0 Å². The minimum absolute atomic E-state index is 0.578. The SMILES string of the molecule is Cc1cccc(C(CBr)Cc2ccsc2)c1. The van der Waals surface area contributed by atoms with E-state index < -0.39 is 0 Å². The Labute approximate surface area is 109 Å². The number of thiophene rings is 1. The number of rotatable bonds is 4. The largest absolute Gasteiger partial charge is 0.152 e. The van der Waals surface area contributed by atoms with Crippen LogP contribution in [0.5, 0.6) is 0 Å². The first kappa shape index (κ1) is 11.9. The Morgan fingerprint density at radius 1 is 1.31 bits per heavy atom. The Bertz CT molecular complexity index is 434. The molecule has 0 saturated heterocycles. The molecule has 84 valence electrons. The molecule has 0 aliphatic rings. The summed E-state index contributed by atoms with van der Waals surface area (Å²) in [5.41, 5.74) is 4.22. The van der Waals surface area contributed by atoms with Crippen molar-refractivity contribution in [3.05, 3.63) is 57.8 Å². The molecule has 1 heterocycles. The second kappa shape index (κ2) is 5.65. The minimum atomic E-state index is 0.578. The lowest BCUT2D eigenvalue weighted by Gasteiger charge is -2.14. The highest BCUT2D eigenvalue weighted by atomic mass is 79.9. The molecule has 1 atom stereocenters. The third-order valence-electron chi connectivity index (χ3n) is 2.76. The van der Waals surface area contributed by atoms with E-state index in [-0.39, 0.29) is 0 Å². The molecule has 0 nitrogen and oxygen atoms in total. The normalized spacial score (nSPS) is 12.6. The third-order valence-corrected chi connectivity index (χ3v) is 4.28. The van der Waals surface area contributed by atoms with Crippen LogP contribution in [0.25, 0.3) is 0 Å². The first-order chi connectivity index (χ1) is 7.79. The Morgan fingerprint density at radius 2 is 2.19 bits per heavy atom. The van der Waals surface area contributed by atoms with Gasteiger partial charge in [-0.2, -0.15) is 11.3 Å². The van der Waals surface area contributed by atoms with Crippen molar-refractivity contribution >= 4 is 27.3 Å². The molecule has 16 heavy (non-hydrogen) atoms. The predicted molar refractivity (Wildman–Crippen MR) is 75.7 cm³/mol. The quantitative estimate of drug-likeness (QED) is 0.712. The van der Waals surface area contributed by atoms with E-state index in [2.05, 4.69) is 63.9 Å². The van der Waals surface area contributed by atoms with Gasteiger partial charge in [-0.15, -0.1) is 0 Å². The Morgan fingerprint density at radius 3 is 2.81 bits per heavy atom. The van der Waals surface area contributed by atoms with Crippen LogP contribution in [-0.4, -0.2) is 5.33 Å². The molecule has 0 saturated carbocycles. The molecule has 2 rings (SSSR count). The van der Waals surface area contributed by atoms with Gasteiger partial charge in [-0.1, -0.05) is 45.8 Å². The van der Waals surface area contributed by atoms with Crippen molar-refractivity contribution in [2.45, 2.75) is 19.3 Å². The van der Waals surface area contributed by atoms with Crippen LogP contribution in [-0.2, 0) is 6.42 Å². The molecule has 0 aliphatic heterocycles. The zero-order valence-corrected chi connectivity index (χ0v) is 11.7. The van der Waals surface area contributed by atoms with Gasteiger partial charge in [0.2, 0.25) is 0 Å². The van der Waals surface area contributed by atoms with E-state index in [0.29, 0.717) is 5.92 Å². The van der Waals surface area contributed by atoms with Crippen LogP contribution in [0, 0.1) is 6.92 Å². The van der Waals surface area contributed by atoms with Crippen molar-refractivity contribution in [2.75, 3.05) is 5.33 Å². The average Bonchev–Trinajstić information content (AvgIpc) is 2.78. The lowest BCUT2D eigenvalue weighted by molar-refractivity contribution is 0.777. The molecule has 2 aromatic rings. The van der Waals surface area contributed by atoms with E-state index in [4.69, 9.17) is 0 Å². The molecule has 1 aromatic heterocycles. The van der Waals surface area contributed by atoms with Gasteiger partial charge in [0.15, 0.2) is 0 Å². The molecule has 0 radical (unpaired) electrons. The Balaban J connectivity index is 2.16. The van der Waals surface area contributed by atoms with E-state index in [1.54, 1.807) is 11.3 Å². The summed E-state index contributed by atoms with van der Waals surface area (Å²) in [6, 6.07) is 11.0. The molecule has 0 amide bonds. The average molecular weight is 295 g/mol.